The second-order valence-corrected chi connectivity index (χ2v) is 3.86. The van der Waals surface area contributed by atoms with Gasteiger partial charge in [-0.25, -0.2) is 0 Å². The molecule has 0 spiro atoms. The van der Waals surface area contributed by atoms with Crippen molar-refractivity contribution in [3.8, 4) is 5.75 Å². The number of para-hydroxylation sites is 1. The summed E-state index contributed by atoms with van der Waals surface area (Å²) in [4.78, 5) is 0. The molecule has 0 heterocycles. The number of rotatable bonds is 2. The van der Waals surface area contributed by atoms with Crippen LogP contribution in [0.25, 0.3) is 0 Å². The Morgan fingerprint density at radius 2 is 1.76 bits per heavy atom. The first-order valence-corrected chi connectivity index (χ1v) is 5.70. The van der Waals surface area contributed by atoms with Gasteiger partial charge in [-0.1, -0.05) is 43.0 Å². The van der Waals surface area contributed by atoms with Crippen LogP contribution in [0.5, 0.6) is 5.75 Å². The first-order valence-electron chi connectivity index (χ1n) is 5.70. The van der Waals surface area contributed by atoms with Gasteiger partial charge >= 0.3 is 0 Å². The molecule has 1 rings (SSSR count). The Hall–Kier alpha value is -1.76. The van der Waals surface area contributed by atoms with E-state index in [9.17, 15) is 0 Å². The Bertz CT molecular complexity index is 390. The number of benzene rings is 1. The fraction of sp³-hybridized carbons (Fsp3) is 0.250. The van der Waals surface area contributed by atoms with Gasteiger partial charge in [0.05, 0.1) is 0 Å². The van der Waals surface area contributed by atoms with Gasteiger partial charge in [0, 0.05) is 0 Å². The number of phenols is 1. The van der Waals surface area contributed by atoms with Crippen LogP contribution in [0.1, 0.15) is 26.3 Å². The molecule has 0 aliphatic heterocycles. The van der Waals surface area contributed by atoms with Crippen LogP contribution in [0.2, 0.25) is 0 Å². The zero-order valence-electron chi connectivity index (χ0n) is 11.2. The summed E-state index contributed by atoms with van der Waals surface area (Å²) in [6.45, 7) is 11.7. The molecule has 17 heavy (non-hydrogen) atoms. The first-order chi connectivity index (χ1) is 8.02. The van der Waals surface area contributed by atoms with Gasteiger partial charge in [-0.2, -0.15) is 0 Å². The van der Waals surface area contributed by atoms with Crippen LogP contribution >= 0.6 is 0 Å². The van der Waals surface area contributed by atoms with E-state index < -0.39 is 0 Å². The summed E-state index contributed by atoms with van der Waals surface area (Å²) in [6, 6.07) is 7.25. The third-order valence-electron chi connectivity index (χ3n) is 2.46. The second kappa shape index (κ2) is 8.40. The maximum atomic E-state index is 8.92. The zero-order chi connectivity index (χ0) is 13.3. The first kappa shape index (κ1) is 15.2. The fourth-order valence-electron chi connectivity index (χ4n) is 1.11. The Morgan fingerprint density at radius 1 is 1.18 bits per heavy atom. The molecule has 0 aliphatic rings. The molecule has 1 aromatic carbocycles. The van der Waals surface area contributed by atoms with Gasteiger partial charge in [0.15, 0.2) is 0 Å². The summed E-state index contributed by atoms with van der Waals surface area (Å²) in [6.07, 6.45) is 5.98. The highest BCUT2D eigenvalue weighted by molar-refractivity contribution is 5.30. The highest BCUT2D eigenvalue weighted by Crippen LogP contribution is 2.12. The standard InChI is InChI=1S/C9H14.C7H8O/c1-5-7-9(4)8(3)6-2;1-6-4-2-3-5-7(6)8/h5-7H,2H2,1,3-4H3;2-5,8H,1H3/b7-5-,9-8+;. The van der Waals surface area contributed by atoms with Crippen molar-refractivity contribution >= 4 is 0 Å². The lowest BCUT2D eigenvalue weighted by molar-refractivity contribution is 0.471. The summed E-state index contributed by atoms with van der Waals surface area (Å²) >= 11 is 0. The van der Waals surface area contributed by atoms with Gasteiger partial charge in [-0.05, 0) is 50.5 Å². The summed E-state index contributed by atoms with van der Waals surface area (Å²) in [5.74, 6) is 0.368. The molecule has 0 radical (unpaired) electrons. The Kier molecular flexibility index (Phi) is 7.53. The van der Waals surface area contributed by atoms with E-state index in [1.54, 1.807) is 6.07 Å². The highest BCUT2D eigenvalue weighted by atomic mass is 16.3. The quantitative estimate of drug-likeness (QED) is 0.724. The van der Waals surface area contributed by atoms with Crippen molar-refractivity contribution in [1.82, 2.24) is 0 Å². The summed E-state index contributed by atoms with van der Waals surface area (Å²) in [7, 11) is 0. The number of allylic oxidation sites excluding steroid dienone is 5. The van der Waals surface area contributed by atoms with E-state index in [2.05, 4.69) is 26.5 Å². The zero-order valence-corrected chi connectivity index (χ0v) is 11.2. The van der Waals surface area contributed by atoms with Gasteiger partial charge in [0.2, 0.25) is 0 Å². The van der Waals surface area contributed by atoms with E-state index in [0.29, 0.717) is 5.75 Å². The molecule has 0 bridgehead atoms. The summed E-state index contributed by atoms with van der Waals surface area (Å²) < 4.78 is 0. The molecule has 1 nitrogen and oxygen atoms in total. The number of hydrogen-bond donors (Lipinski definition) is 1. The van der Waals surface area contributed by atoms with Crippen molar-refractivity contribution in [2.45, 2.75) is 27.7 Å². The third kappa shape index (κ3) is 6.41. The van der Waals surface area contributed by atoms with Gasteiger partial charge in [0.1, 0.15) is 5.75 Å². The molecule has 1 N–H and O–H groups in total. The Morgan fingerprint density at radius 3 is 2.12 bits per heavy atom. The monoisotopic (exact) mass is 230 g/mol. The molecule has 0 saturated carbocycles. The van der Waals surface area contributed by atoms with E-state index in [1.807, 2.05) is 44.2 Å². The highest BCUT2D eigenvalue weighted by Gasteiger charge is 1.87. The number of hydrogen-bond acceptors (Lipinski definition) is 1. The lowest BCUT2D eigenvalue weighted by Gasteiger charge is -1.93. The van der Waals surface area contributed by atoms with Crippen molar-refractivity contribution < 1.29 is 5.11 Å². The minimum absolute atomic E-state index is 0.368. The third-order valence-corrected chi connectivity index (χ3v) is 2.46. The van der Waals surface area contributed by atoms with Crippen LogP contribution in [-0.2, 0) is 0 Å². The minimum Gasteiger partial charge on any atom is -0.508 e. The lowest BCUT2D eigenvalue weighted by Crippen LogP contribution is -1.73. The number of aromatic hydroxyl groups is 1. The predicted molar refractivity (Wildman–Crippen MR) is 76.2 cm³/mol. The lowest BCUT2D eigenvalue weighted by atomic mass is 10.1. The maximum Gasteiger partial charge on any atom is 0.118 e. The molecular weight excluding hydrogens is 208 g/mol. The summed E-state index contributed by atoms with van der Waals surface area (Å²) in [5, 5.41) is 8.92. The van der Waals surface area contributed by atoms with Crippen LogP contribution in [0.15, 0.2) is 60.2 Å². The molecule has 0 aliphatic carbocycles. The van der Waals surface area contributed by atoms with Crippen LogP contribution in [0, 0.1) is 6.92 Å². The molecule has 92 valence electrons. The van der Waals surface area contributed by atoms with Crippen LogP contribution in [-0.4, -0.2) is 5.11 Å². The largest absolute Gasteiger partial charge is 0.508 e. The average molecular weight is 230 g/mol. The van der Waals surface area contributed by atoms with E-state index >= 15 is 0 Å². The Labute approximate surface area is 105 Å². The predicted octanol–water partition coefficient (Wildman–Crippen LogP) is 4.79. The van der Waals surface area contributed by atoms with Crippen LogP contribution in [0.4, 0.5) is 0 Å². The number of phenolic OH excluding ortho intramolecular Hbond substituents is 1. The van der Waals surface area contributed by atoms with Gasteiger partial charge in [-0.3, -0.25) is 0 Å². The van der Waals surface area contributed by atoms with E-state index in [0.717, 1.165) is 5.56 Å². The fourth-order valence-corrected chi connectivity index (χ4v) is 1.11. The molecule has 1 heteroatoms. The van der Waals surface area contributed by atoms with Gasteiger partial charge in [-0.15, -0.1) is 0 Å². The summed E-state index contributed by atoms with van der Waals surface area (Å²) in [5.41, 5.74) is 3.45. The van der Waals surface area contributed by atoms with Crippen molar-refractivity contribution in [2.75, 3.05) is 0 Å². The minimum atomic E-state index is 0.368. The van der Waals surface area contributed by atoms with Crippen LogP contribution in [0.3, 0.4) is 0 Å². The number of aryl methyl sites for hydroxylation is 1. The molecule has 0 atom stereocenters. The topological polar surface area (TPSA) is 20.2 Å². The molecule has 1 aromatic rings. The Balaban J connectivity index is 0.000000302. The SMILES string of the molecule is C=C/C(C)=C(C)/C=C\C.Cc1ccccc1O. The van der Waals surface area contributed by atoms with Crippen molar-refractivity contribution in [3.05, 3.63) is 65.8 Å². The molecule has 0 saturated heterocycles. The molecule has 0 amide bonds. The van der Waals surface area contributed by atoms with Crippen molar-refractivity contribution in [3.63, 3.8) is 0 Å². The smallest absolute Gasteiger partial charge is 0.118 e. The van der Waals surface area contributed by atoms with Crippen molar-refractivity contribution in [2.24, 2.45) is 0 Å². The molecular formula is C16H22O. The van der Waals surface area contributed by atoms with Crippen molar-refractivity contribution in [1.29, 1.82) is 0 Å². The normalized spacial score (nSPS) is 11.5. The van der Waals surface area contributed by atoms with Gasteiger partial charge in [0.25, 0.3) is 0 Å². The second-order valence-electron chi connectivity index (χ2n) is 3.86. The average Bonchev–Trinajstić information content (AvgIpc) is 2.33. The molecule has 0 aromatic heterocycles. The maximum absolute atomic E-state index is 8.92. The van der Waals surface area contributed by atoms with Crippen LogP contribution < -0.4 is 0 Å². The molecule has 0 unspecified atom stereocenters. The van der Waals surface area contributed by atoms with E-state index in [4.69, 9.17) is 5.11 Å². The van der Waals surface area contributed by atoms with E-state index in [1.165, 1.54) is 11.1 Å². The molecule has 0 fully saturated rings. The van der Waals surface area contributed by atoms with E-state index in [-0.39, 0.29) is 0 Å². The van der Waals surface area contributed by atoms with Gasteiger partial charge < -0.3 is 5.11 Å².